The van der Waals surface area contributed by atoms with Crippen molar-refractivity contribution in [1.82, 2.24) is 14.8 Å². The van der Waals surface area contributed by atoms with Gasteiger partial charge in [-0.25, -0.2) is 9.07 Å². The van der Waals surface area contributed by atoms with Gasteiger partial charge in [-0.05, 0) is 42.0 Å². The third-order valence-electron chi connectivity index (χ3n) is 4.10. The fourth-order valence-electron chi connectivity index (χ4n) is 2.75. The van der Waals surface area contributed by atoms with Gasteiger partial charge >= 0.3 is 0 Å². The number of rotatable bonds is 5. The first-order valence-corrected chi connectivity index (χ1v) is 8.83. The second-order valence-corrected chi connectivity index (χ2v) is 6.38. The van der Waals surface area contributed by atoms with Crippen LogP contribution in [0.1, 0.15) is 5.56 Å². The molecule has 6 heteroatoms. The van der Waals surface area contributed by atoms with E-state index in [0.717, 1.165) is 28.5 Å². The Bertz CT molecular complexity index is 1050. The van der Waals surface area contributed by atoms with Crippen LogP contribution in [0.25, 0.3) is 17.1 Å². The molecule has 0 unspecified atom stereocenters. The molecule has 0 radical (unpaired) electrons. The molecule has 0 atom stereocenters. The standard InChI is InChI=1S/C21H16ClFN4/c22-17-5-1-2-7-20(17)27-21(25-14-15-8-10-16(23)11-9-15)13-19(26-27)18-6-3-4-12-24-18/h1-13,25H,14H2. The monoisotopic (exact) mass is 378 g/mol. The van der Waals surface area contributed by atoms with E-state index in [1.54, 1.807) is 23.0 Å². The Morgan fingerprint density at radius 3 is 2.44 bits per heavy atom. The zero-order valence-electron chi connectivity index (χ0n) is 14.3. The molecule has 0 saturated carbocycles. The molecule has 0 aliphatic heterocycles. The Hall–Kier alpha value is -3.18. The summed E-state index contributed by atoms with van der Waals surface area (Å²) in [5, 5.41) is 8.64. The average molecular weight is 379 g/mol. The molecule has 2 heterocycles. The lowest BCUT2D eigenvalue weighted by Crippen LogP contribution is -2.07. The Kier molecular flexibility index (Phi) is 4.85. The summed E-state index contributed by atoms with van der Waals surface area (Å²) in [4.78, 5) is 4.37. The summed E-state index contributed by atoms with van der Waals surface area (Å²) < 4.78 is 14.9. The first kappa shape index (κ1) is 17.2. The third-order valence-corrected chi connectivity index (χ3v) is 4.42. The Morgan fingerprint density at radius 2 is 1.70 bits per heavy atom. The molecule has 4 rings (SSSR count). The number of para-hydroxylation sites is 1. The number of pyridine rings is 1. The third kappa shape index (κ3) is 3.83. The highest BCUT2D eigenvalue weighted by molar-refractivity contribution is 6.32. The minimum absolute atomic E-state index is 0.253. The van der Waals surface area contributed by atoms with Gasteiger partial charge < -0.3 is 5.32 Å². The summed E-state index contributed by atoms with van der Waals surface area (Å²) in [6, 6.07) is 21.5. The number of benzene rings is 2. The second-order valence-electron chi connectivity index (χ2n) is 5.97. The van der Waals surface area contributed by atoms with E-state index in [9.17, 15) is 4.39 Å². The van der Waals surface area contributed by atoms with Crippen LogP contribution in [-0.4, -0.2) is 14.8 Å². The zero-order valence-corrected chi connectivity index (χ0v) is 15.1. The fraction of sp³-hybridized carbons (Fsp3) is 0.0476. The van der Waals surface area contributed by atoms with Crippen molar-refractivity contribution in [1.29, 1.82) is 0 Å². The maximum atomic E-state index is 13.1. The number of nitrogens with zero attached hydrogens (tertiary/aromatic N) is 3. The Labute approximate surface area is 161 Å². The highest BCUT2D eigenvalue weighted by Crippen LogP contribution is 2.27. The molecule has 2 aromatic carbocycles. The van der Waals surface area contributed by atoms with Crippen molar-refractivity contribution in [3.63, 3.8) is 0 Å². The van der Waals surface area contributed by atoms with Crippen molar-refractivity contribution in [3.8, 4) is 17.1 Å². The van der Waals surface area contributed by atoms with Gasteiger partial charge in [-0.15, -0.1) is 0 Å². The summed E-state index contributed by atoms with van der Waals surface area (Å²) in [7, 11) is 0. The van der Waals surface area contributed by atoms with Crippen LogP contribution in [0.4, 0.5) is 10.2 Å². The Morgan fingerprint density at radius 1 is 0.926 bits per heavy atom. The van der Waals surface area contributed by atoms with E-state index in [1.165, 1.54) is 12.1 Å². The topological polar surface area (TPSA) is 42.7 Å². The lowest BCUT2D eigenvalue weighted by molar-refractivity contribution is 0.627. The van der Waals surface area contributed by atoms with Crippen molar-refractivity contribution >= 4 is 17.4 Å². The molecule has 0 fully saturated rings. The van der Waals surface area contributed by atoms with E-state index < -0.39 is 0 Å². The van der Waals surface area contributed by atoms with Crippen molar-refractivity contribution in [3.05, 3.63) is 95.4 Å². The van der Waals surface area contributed by atoms with Crippen molar-refractivity contribution in [2.75, 3.05) is 5.32 Å². The number of halogens is 2. The summed E-state index contributed by atoms with van der Waals surface area (Å²) in [6.07, 6.45) is 1.73. The Balaban J connectivity index is 1.71. The van der Waals surface area contributed by atoms with Crippen LogP contribution < -0.4 is 5.32 Å². The van der Waals surface area contributed by atoms with Crippen LogP contribution in [0.15, 0.2) is 79.0 Å². The van der Waals surface area contributed by atoms with Crippen LogP contribution in [0.5, 0.6) is 0 Å². The lowest BCUT2D eigenvalue weighted by atomic mass is 10.2. The first-order valence-electron chi connectivity index (χ1n) is 8.45. The van der Waals surface area contributed by atoms with Gasteiger partial charge in [0.1, 0.15) is 17.3 Å². The lowest BCUT2D eigenvalue weighted by Gasteiger charge is -2.11. The molecular weight excluding hydrogens is 363 g/mol. The predicted octanol–water partition coefficient (Wildman–Crippen LogP) is 5.34. The van der Waals surface area contributed by atoms with Crippen LogP contribution in [0.3, 0.4) is 0 Å². The van der Waals surface area contributed by atoms with Gasteiger partial charge in [0.2, 0.25) is 0 Å². The molecule has 0 aliphatic carbocycles. The van der Waals surface area contributed by atoms with Gasteiger partial charge in [-0.2, -0.15) is 5.10 Å². The molecule has 4 aromatic rings. The molecule has 0 spiro atoms. The molecule has 0 bridgehead atoms. The number of anilines is 1. The highest BCUT2D eigenvalue weighted by atomic mass is 35.5. The smallest absolute Gasteiger partial charge is 0.130 e. The van der Waals surface area contributed by atoms with E-state index in [2.05, 4.69) is 15.4 Å². The molecule has 0 amide bonds. The number of hydrogen-bond donors (Lipinski definition) is 1. The van der Waals surface area contributed by atoms with E-state index in [1.807, 2.05) is 48.5 Å². The van der Waals surface area contributed by atoms with Crippen LogP contribution in [-0.2, 0) is 6.54 Å². The van der Waals surface area contributed by atoms with Crippen LogP contribution in [0.2, 0.25) is 5.02 Å². The van der Waals surface area contributed by atoms with Crippen molar-refractivity contribution < 1.29 is 4.39 Å². The van der Waals surface area contributed by atoms with Crippen LogP contribution >= 0.6 is 11.6 Å². The summed E-state index contributed by atoms with van der Waals surface area (Å²) in [5.74, 6) is 0.519. The minimum Gasteiger partial charge on any atom is -0.366 e. The highest BCUT2D eigenvalue weighted by Gasteiger charge is 2.14. The van der Waals surface area contributed by atoms with E-state index >= 15 is 0 Å². The molecule has 1 N–H and O–H groups in total. The van der Waals surface area contributed by atoms with Gasteiger partial charge in [-0.1, -0.05) is 41.9 Å². The molecule has 134 valence electrons. The van der Waals surface area contributed by atoms with Gasteiger partial charge in [0.05, 0.1) is 16.4 Å². The summed E-state index contributed by atoms with van der Waals surface area (Å²) in [6.45, 7) is 0.526. The van der Waals surface area contributed by atoms with E-state index in [-0.39, 0.29) is 5.82 Å². The summed E-state index contributed by atoms with van der Waals surface area (Å²) >= 11 is 6.37. The molecule has 0 aliphatic rings. The quantitative estimate of drug-likeness (QED) is 0.509. The van der Waals surface area contributed by atoms with Gasteiger partial charge in [-0.3, -0.25) is 4.98 Å². The van der Waals surface area contributed by atoms with Crippen LogP contribution in [0, 0.1) is 5.82 Å². The van der Waals surface area contributed by atoms with Crippen molar-refractivity contribution in [2.45, 2.75) is 6.54 Å². The number of nitrogens with one attached hydrogen (secondary N) is 1. The fourth-order valence-corrected chi connectivity index (χ4v) is 2.96. The van der Waals surface area contributed by atoms with E-state index in [4.69, 9.17) is 11.6 Å². The molecule has 0 saturated heterocycles. The predicted molar refractivity (Wildman–Crippen MR) is 106 cm³/mol. The molecule has 4 nitrogen and oxygen atoms in total. The normalized spacial score (nSPS) is 10.7. The molecular formula is C21H16ClFN4. The van der Waals surface area contributed by atoms with Gasteiger partial charge in [0.25, 0.3) is 0 Å². The zero-order chi connectivity index (χ0) is 18.6. The number of hydrogen-bond acceptors (Lipinski definition) is 3. The SMILES string of the molecule is Fc1ccc(CNc2cc(-c3ccccn3)nn2-c2ccccc2Cl)cc1. The maximum Gasteiger partial charge on any atom is 0.130 e. The number of aromatic nitrogens is 3. The minimum atomic E-state index is -0.253. The molecule has 27 heavy (non-hydrogen) atoms. The van der Waals surface area contributed by atoms with Gasteiger partial charge in [0, 0.05) is 18.8 Å². The second kappa shape index (κ2) is 7.60. The maximum absolute atomic E-state index is 13.1. The first-order chi connectivity index (χ1) is 13.2. The van der Waals surface area contributed by atoms with Gasteiger partial charge in [0.15, 0.2) is 0 Å². The summed E-state index contributed by atoms with van der Waals surface area (Å²) in [5.41, 5.74) is 3.23. The van der Waals surface area contributed by atoms with Crippen molar-refractivity contribution in [2.24, 2.45) is 0 Å². The average Bonchev–Trinajstić information content (AvgIpc) is 3.13. The largest absolute Gasteiger partial charge is 0.366 e. The molecule has 2 aromatic heterocycles. The van der Waals surface area contributed by atoms with E-state index in [0.29, 0.717) is 11.6 Å².